The molecule has 30 heavy (non-hydrogen) atoms. The van der Waals surface area contributed by atoms with Crippen molar-refractivity contribution in [3.05, 3.63) is 53.3 Å². The maximum Gasteiger partial charge on any atom is 0.416 e. The zero-order chi connectivity index (χ0) is 21.9. The van der Waals surface area contributed by atoms with Gasteiger partial charge in [-0.15, -0.1) is 0 Å². The lowest BCUT2D eigenvalue weighted by Crippen LogP contribution is -2.44. The number of benzene rings is 1. The average molecular weight is 429 g/mol. The average Bonchev–Trinajstić information content (AvgIpc) is 2.68. The molecule has 3 rings (SSSR count). The van der Waals surface area contributed by atoms with Gasteiger partial charge in [0, 0.05) is 12.4 Å². The molecule has 3 N–H and O–H groups in total. The fourth-order valence-corrected chi connectivity index (χ4v) is 2.96. The molecule has 0 aliphatic heterocycles. The summed E-state index contributed by atoms with van der Waals surface area (Å²) >= 11 is 0. The van der Waals surface area contributed by atoms with Crippen molar-refractivity contribution in [2.75, 3.05) is 5.32 Å². The number of carbonyl (C=O) groups excluding carboxylic acids is 2. The monoisotopic (exact) mass is 429 g/mol. The molecule has 0 saturated heterocycles. The molecule has 160 valence electrons. The second-order valence-corrected chi connectivity index (χ2v) is 6.68. The predicted octanol–water partition coefficient (Wildman–Crippen LogP) is 3.01. The van der Waals surface area contributed by atoms with Gasteiger partial charge in [-0.2, -0.15) is 22.0 Å². The topological polar surface area (TPSA) is 96.0 Å². The summed E-state index contributed by atoms with van der Waals surface area (Å²) in [5.74, 6) is -2.41. The Bertz CT molecular complexity index is 912. The molecule has 1 saturated carbocycles. The quantitative estimate of drug-likeness (QED) is 0.502. The third-order valence-electron chi connectivity index (χ3n) is 4.73. The number of carbonyl (C=O) groups is 2. The molecule has 1 heterocycles. The summed E-state index contributed by atoms with van der Waals surface area (Å²) in [4.78, 5) is 30.5. The molecular weight excluding hydrogens is 413 g/mol. The van der Waals surface area contributed by atoms with E-state index < -0.39 is 35.5 Å². The van der Waals surface area contributed by atoms with Gasteiger partial charge in [0.1, 0.15) is 0 Å². The molecule has 1 aliphatic rings. The van der Waals surface area contributed by atoms with E-state index in [2.05, 4.69) is 15.3 Å². The molecule has 1 aromatic heterocycles. The van der Waals surface area contributed by atoms with Crippen molar-refractivity contribution < 1.29 is 31.5 Å². The highest BCUT2D eigenvalue weighted by molar-refractivity contribution is 5.95. The van der Waals surface area contributed by atoms with Gasteiger partial charge >= 0.3 is 18.5 Å². The minimum absolute atomic E-state index is 0.0905. The van der Waals surface area contributed by atoms with Crippen molar-refractivity contribution in [1.29, 1.82) is 0 Å². The molecule has 0 atom stereocenters. The van der Waals surface area contributed by atoms with Gasteiger partial charge in [0.2, 0.25) is 5.95 Å². The Labute approximate surface area is 167 Å². The zero-order valence-electron chi connectivity index (χ0n) is 15.3. The fourth-order valence-electron chi connectivity index (χ4n) is 2.96. The third-order valence-corrected chi connectivity index (χ3v) is 4.73. The van der Waals surface area contributed by atoms with E-state index >= 15 is 0 Å². The number of aromatic nitrogens is 2. The first kappa shape index (κ1) is 21.4. The van der Waals surface area contributed by atoms with Crippen molar-refractivity contribution in [2.45, 2.75) is 37.4 Å². The van der Waals surface area contributed by atoms with E-state index in [-0.39, 0.29) is 11.5 Å². The lowest BCUT2D eigenvalue weighted by molar-refractivity contribution is -0.137. The normalized spacial score (nSPS) is 15.3. The van der Waals surface area contributed by atoms with Crippen molar-refractivity contribution in [2.24, 2.45) is 0 Å². The molecule has 12 heteroatoms. The Hall–Kier alpha value is -3.31. The van der Waals surface area contributed by atoms with Crippen LogP contribution in [0.15, 0.2) is 36.7 Å². The standard InChI is InChI=1S/C18H16F5N5O2/c19-13(20)15(30)28-27-14(29)10-8-24-16(25-9-10)26-17(6-1-7-17)11-2-4-12(5-3-11)18(21,22)23/h2-5,8-9,13H,1,6-7H2,(H,27,29)(H,28,30)(H,24,25,26). The first-order chi connectivity index (χ1) is 14.1. The molecule has 2 amide bonds. The van der Waals surface area contributed by atoms with Gasteiger partial charge in [-0.1, -0.05) is 12.1 Å². The van der Waals surface area contributed by atoms with E-state index in [1.54, 1.807) is 10.9 Å². The van der Waals surface area contributed by atoms with Crippen molar-refractivity contribution >= 4 is 17.8 Å². The Morgan fingerprint density at radius 1 is 1.00 bits per heavy atom. The van der Waals surface area contributed by atoms with Crippen molar-refractivity contribution in [1.82, 2.24) is 20.8 Å². The first-order valence-electron chi connectivity index (χ1n) is 8.77. The summed E-state index contributed by atoms with van der Waals surface area (Å²) in [6.07, 6.45) is -3.29. The van der Waals surface area contributed by atoms with Gasteiger partial charge < -0.3 is 5.32 Å². The van der Waals surface area contributed by atoms with E-state index in [9.17, 15) is 31.5 Å². The van der Waals surface area contributed by atoms with Crippen LogP contribution >= 0.6 is 0 Å². The van der Waals surface area contributed by atoms with Crippen LogP contribution in [0.5, 0.6) is 0 Å². The molecule has 0 spiro atoms. The Kier molecular flexibility index (Phi) is 5.85. The van der Waals surface area contributed by atoms with Crippen molar-refractivity contribution in [3.63, 3.8) is 0 Å². The number of hydrogen-bond donors (Lipinski definition) is 3. The summed E-state index contributed by atoms with van der Waals surface area (Å²) in [5, 5.41) is 3.09. The minimum atomic E-state index is -4.42. The van der Waals surface area contributed by atoms with Gasteiger partial charge in [0.25, 0.3) is 5.91 Å². The molecule has 2 aromatic rings. The van der Waals surface area contributed by atoms with E-state index in [0.29, 0.717) is 18.4 Å². The fraction of sp³-hybridized carbons (Fsp3) is 0.333. The van der Waals surface area contributed by atoms with Crippen LogP contribution in [0.3, 0.4) is 0 Å². The maximum absolute atomic E-state index is 12.8. The molecule has 0 radical (unpaired) electrons. The number of anilines is 1. The molecule has 7 nitrogen and oxygen atoms in total. The number of amides is 2. The second-order valence-electron chi connectivity index (χ2n) is 6.68. The van der Waals surface area contributed by atoms with Crippen LogP contribution < -0.4 is 16.2 Å². The lowest BCUT2D eigenvalue weighted by atomic mass is 9.71. The van der Waals surface area contributed by atoms with Gasteiger partial charge in [-0.05, 0) is 37.0 Å². The van der Waals surface area contributed by atoms with Gasteiger partial charge in [-0.25, -0.2) is 9.97 Å². The largest absolute Gasteiger partial charge is 0.416 e. The van der Waals surface area contributed by atoms with Crippen LogP contribution in [0.1, 0.15) is 40.7 Å². The highest BCUT2D eigenvalue weighted by atomic mass is 19.4. The van der Waals surface area contributed by atoms with Crippen LogP contribution in [0, 0.1) is 0 Å². The Balaban J connectivity index is 1.68. The van der Waals surface area contributed by atoms with E-state index in [0.717, 1.165) is 30.9 Å². The molecule has 1 fully saturated rings. The number of alkyl halides is 5. The molecule has 1 aromatic carbocycles. The van der Waals surface area contributed by atoms with Crippen LogP contribution in [0.2, 0.25) is 0 Å². The zero-order valence-corrected chi connectivity index (χ0v) is 15.3. The number of hydrazine groups is 1. The second kappa shape index (κ2) is 8.20. The highest BCUT2D eigenvalue weighted by Crippen LogP contribution is 2.44. The van der Waals surface area contributed by atoms with Crippen LogP contribution in [0.25, 0.3) is 0 Å². The first-order valence-corrected chi connectivity index (χ1v) is 8.77. The minimum Gasteiger partial charge on any atom is -0.345 e. The van der Waals surface area contributed by atoms with E-state index in [1.165, 1.54) is 12.1 Å². The molecular formula is C18H16F5N5O2. The molecule has 1 aliphatic carbocycles. The SMILES string of the molecule is O=C(NNC(=O)C(F)F)c1cnc(NC2(c3ccc(C(F)(F)F)cc3)CCC2)nc1. The smallest absolute Gasteiger partial charge is 0.345 e. The maximum atomic E-state index is 12.8. The molecule has 0 bridgehead atoms. The number of rotatable bonds is 5. The summed E-state index contributed by atoms with van der Waals surface area (Å²) in [6, 6.07) is 4.84. The predicted molar refractivity (Wildman–Crippen MR) is 94.2 cm³/mol. The van der Waals surface area contributed by atoms with Crippen LogP contribution in [-0.2, 0) is 16.5 Å². The summed E-state index contributed by atoms with van der Waals surface area (Å²) in [5.41, 5.74) is 2.54. The Morgan fingerprint density at radius 2 is 1.60 bits per heavy atom. The van der Waals surface area contributed by atoms with Gasteiger partial charge in [-0.3, -0.25) is 20.4 Å². The van der Waals surface area contributed by atoms with Crippen molar-refractivity contribution in [3.8, 4) is 0 Å². The van der Waals surface area contributed by atoms with E-state index in [1.807, 2.05) is 0 Å². The third kappa shape index (κ3) is 4.63. The summed E-state index contributed by atoms with van der Waals surface area (Å²) in [7, 11) is 0. The highest BCUT2D eigenvalue weighted by Gasteiger charge is 2.40. The lowest BCUT2D eigenvalue weighted by Gasteiger charge is -2.43. The van der Waals surface area contributed by atoms with Gasteiger partial charge in [0.05, 0.1) is 16.7 Å². The number of nitrogens with one attached hydrogen (secondary N) is 3. The van der Waals surface area contributed by atoms with Crippen LogP contribution in [-0.4, -0.2) is 28.2 Å². The number of nitrogens with zero attached hydrogens (tertiary/aromatic N) is 2. The molecule has 0 unspecified atom stereocenters. The Morgan fingerprint density at radius 3 is 2.07 bits per heavy atom. The summed E-state index contributed by atoms with van der Waals surface area (Å²) in [6.45, 7) is 0. The van der Waals surface area contributed by atoms with Gasteiger partial charge in [0.15, 0.2) is 0 Å². The number of halogens is 5. The van der Waals surface area contributed by atoms with Crippen LogP contribution in [0.4, 0.5) is 27.9 Å². The summed E-state index contributed by atoms with van der Waals surface area (Å²) < 4.78 is 62.5. The van der Waals surface area contributed by atoms with E-state index in [4.69, 9.17) is 0 Å². The number of hydrogen-bond acceptors (Lipinski definition) is 5.